The minimum Gasteiger partial charge on any atom is -0.361 e. The van der Waals surface area contributed by atoms with Crippen LogP contribution in [-0.2, 0) is 14.9 Å². The lowest BCUT2D eigenvalue weighted by Crippen LogP contribution is -2.35. The molecular formula is C12H8BFN2O2. The molecule has 18 heavy (non-hydrogen) atoms. The fourth-order valence-electron chi connectivity index (χ4n) is 2.30. The van der Waals surface area contributed by atoms with Crippen LogP contribution in [0.2, 0.25) is 0 Å². The number of rotatable bonds is 1. The summed E-state index contributed by atoms with van der Waals surface area (Å²) in [7, 11) is 6.00. The molecule has 88 valence electrons. The van der Waals surface area contributed by atoms with Gasteiger partial charge in [-0.05, 0) is 23.8 Å². The molecule has 1 aromatic heterocycles. The Balaban J connectivity index is 2.23. The molecular weight excluding hydrogens is 234 g/mol. The maximum absolute atomic E-state index is 13.3. The molecule has 1 aliphatic heterocycles. The average molecular weight is 242 g/mol. The summed E-state index contributed by atoms with van der Waals surface area (Å²) >= 11 is 0. The molecule has 6 heteroatoms. The van der Waals surface area contributed by atoms with Crippen LogP contribution in [0.5, 0.6) is 0 Å². The number of carbonyl (C=O) groups excluding carboxylic acids is 2. The number of halogens is 1. The summed E-state index contributed by atoms with van der Waals surface area (Å²) in [6.07, 6.45) is 1.41. The summed E-state index contributed by atoms with van der Waals surface area (Å²) in [5.74, 6) is -1.40. The number of H-pyrrole nitrogens is 1. The van der Waals surface area contributed by atoms with E-state index in [9.17, 15) is 14.0 Å². The van der Waals surface area contributed by atoms with E-state index in [2.05, 4.69) is 10.3 Å². The molecule has 2 radical (unpaired) electrons. The lowest BCUT2D eigenvalue weighted by molar-refractivity contribution is -0.125. The number of benzene rings is 1. The van der Waals surface area contributed by atoms with Gasteiger partial charge in [0.2, 0.25) is 11.8 Å². The highest BCUT2D eigenvalue weighted by atomic mass is 19.1. The number of fused-ring (bicyclic) bond motifs is 1. The molecule has 0 unspecified atom stereocenters. The summed E-state index contributed by atoms with van der Waals surface area (Å²) in [6.45, 7) is 0. The van der Waals surface area contributed by atoms with Crippen LogP contribution in [0, 0.1) is 5.82 Å². The van der Waals surface area contributed by atoms with E-state index >= 15 is 0 Å². The van der Waals surface area contributed by atoms with E-state index in [0.29, 0.717) is 16.5 Å². The van der Waals surface area contributed by atoms with Crippen LogP contribution in [-0.4, -0.2) is 24.6 Å². The van der Waals surface area contributed by atoms with Crippen LogP contribution in [0.1, 0.15) is 12.0 Å². The van der Waals surface area contributed by atoms with Crippen molar-refractivity contribution < 1.29 is 14.0 Å². The molecule has 1 saturated heterocycles. The third kappa shape index (κ3) is 1.38. The summed E-state index contributed by atoms with van der Waals surface area (Å²) in [5.41, 5.74) is 1.10. The first-order chi connectivity index (χ1) is 8.50. The summed E-state index contributed by atoms with van der Waals surface area (Å²) in [6, 6.07) is 4.17. The van der Waals surface area contributed by atoms with Gasteiger partial charge >= 0.3 is 0 Å². The molecule has 2 amide bonds. The molecule has 0 saturated carbocycles. The minimum absolute atomic E-state index is 0.130. The Kier molecular flexibility index (Phi) is 2.11. The van der Waals surface area contributed by atoms with Gasteiger partial charge in [0.1, 0.15) is 5.82 Å². The number of hydrogen-bond acceptors (Lipinski definition) is 2. The van der Waals surface area contributed by atoms with Gasteiger partial charge in [-0.1, -0.05) is 0 Å². The van der Waals surface area contributed by atoms with Gasteiger partial charge in [-0.25, -0.2) is 4.39 Å². The van der Waals surface area contributed by atoms with Crippen molar-refractivity contribution in [2.45, 2.75) is 11.7 Å². The van der Waals surface area contributed by atoms with Gasteiger partial charge in [-0.2, -0.15) is 0 Å². The topological polar surface area (TPSA) is 62.0 Å². The van der Waals surface area contributed by atoms with Crippen molar-refractivity contribution in [2.24, 2.45) is 0 Å². The zero-order valence-corrected chi connectivity index (χ0v) is 9.29. The molecule has 0 bridgehead atoms. The Labute approximate surface area is 103 Å². The lowest BCUT2D eigenvalue weighted by atomic mass is 9.63. The van der Waals surface area contributed by atoms with Crippen molar-refractivity contribution in [3.8, 4) is 0 Å². The quantitative estimate of drug-likeness (QED) is 0.571. The normalized spacial score (nSPS) is 23.6. The van der Waals surface area contributed by atoms with Crippen molar-refractivity contribution in [1.29, 1.82) is 0 Å². The van der Waals surface area contributed by atoms with E-state index in [1.165, 1.54) is 12.1 Å². The Morgan fingerprint density at radius 3 is 2.78 bits per heavy atom. The number of carbonyl (C=O) groups is 2. The lowest BCUT2D eigenvalue weighted by Gasteiger charge is -2.19. The van der Waals surface area contributed by atoms with Crippen molar-refractivity contribution in [3.63, 3.8) is 0 Å². The van der Waals surface area contributed by atoms with Crippen LogP contribution < -0.4 is 5.32 Å². The largest absolute Gasteiger partial charge is 0.361 e. The highest BCUT2D eigenvalue weighted by Crippen LogP contribution is 2.34. The van der Waals surface area contributed by atoms with E-state index in [1.54, 1.807) is 12.3 Å². The van der Waals surface area contributed by atoms with Crippen LogP contribution in [0.25, 0.3) is 10.9 Å². The van der Waals surface area contributed by atoms with Crippen LogP contribution >= 0.6 is 0 Å². The summed E-state index contributed by atoms with van der Waals surface area (Å²) in [4.78, 5) is 26.0. The first kappa shape index (κ1) is 11.0. The van der Waals surface area contributed by atoms with Gasteiger partial charge in [0.05, 0.1) is 7.85 Å². The van der Waals surface area contributed by atoms with Gasteiger partial charge in [0, 0.05) is 28.8 Å². The van der Waals surface area contributed by atoms with E-state index in [1.807, 2.05) is 0 Å². The molecule has 1 fully saturated rings. The molecule has 2 N–H and O–H groups in total. The maximum Gasteiger partial charge on any atom is 0.228 e. The first-order valence-electron chi connectivity index (χ1n) is 5.41. The molecule has 2 heterocycles. The molecule has 1 aromatic carbocycles. The Hall–Kier alpha value is -2.11. The second kappa shape index (κ2) is 3.44. The smallest absolute Gasteiger partial charge is 0.228 e. The molecule has 4 nitrogen and oxygen atoms in total. The van der Waals surface area contributed by atoms with E-state index in [0.717, 1.165) is 0 Å². The predicted octanol–water partition coefficient (Wildman–Crippen LogP) is 0.717. The Morgan fingerprint density at radius 1 is 1.33 bits per heavy atom. The molecule has 0 aliphatic carbocycles. The molecule has 1 aliphatic rings. The summed E-state index contributed by atoms with van der Waals surface area (Å²) in [5, 5.41) is 1.25. The molecule has 0 spiro atoms. The van der Waals surface area contributed by atoms with Crippen molar-refractivity contribution in [3.05, 3.63) is 35.8 Å². The van der Waals surface area contributed by atoms with Gasteiger partial charge in [-0.3, -0.25) is 14.9 Å². The predicted molar refractivity (Wildman–Crippen MR) is 63.5 cm³/mol. The number of aromatic amines is 1. The van der Waals surface area contributed by atoms with Crippen LogP contribution in [0.15, 0.2) is 24.4 Å². The van der Waals surface area contributed by atoms with Gasteiger partial charge in [0.25, 0.3) is 0 Å². The minimum atomic E-state index is -1.43. The number of imide groups is 1. The number of hydrogen-bond donors (Lipinski definition) is 2. The number of amides is 2. The second-order valence-electron chi connectivity index (χ2n) is 4.42. The Bertz CT molecular complexity index is 682. The van der Waals surface area contributed by atoms with Gasteiger partial charge in [-0.15, -0.1) is 0 Å². The fraction of sp³-hybridized carbons (Fsp3) is 0.167. The van der Waals surface area contributed by atoms with Gasteiger partial charge < -0.3 is 4.98 Å². The van der Waals surface area contributed by atoms with Crippen molar-refractivity contribution in [2.75, 3.05) is 0 Å². The van der Waals surface area contributed by atoms with Gasteiger partial charge in [0.15, 0.2) is 0 Å². The standard InChI is InChI=1S/C12H8BFN2O2/c13-12(4-10(17)16-11(12)18)8-5-15-9-2-1-6(14)3-7(8)9/h1-3,5,15H,4H2,(H,16,17,18)/t12-/m1/s1. The molecule has 2 aromatic rings. The SMILES string of the molecule is [B][C@@]1(c2c[nH]c3ccc(F)cc23)CC(=O)NC1=O. The van der Waals surface area contributed by atoms with Crippen molar-refractivity contribution >= 4 is 30.6 Å². The number of nitrogens with one attached hydrogen (secondary N) is 2. The fourth-order valence-corrected chi connectivity index (χ4v) is 2.30. The van der Waals surface area contributed by atoms with Crippen LogP contribution in [0.3, 0.4) is 0 Å². The monoisotopic (exact) mass is 242 g/mol. The van der Waals surface area contributed by atoms with E-state index in [-0.39, 0.29) is 6.42 Å². The Morgan fingerprint density at radius 2 is 2.11 bits per heavy atom. The van der Waals surface area contributed by atoms with Crippen LogP contribution in [0.4, 0.5) is 4.39 Å². The highest BCUT2D eigenvalue weighted by Gasteiger charge is 2.44. The average Bonchev–Trinajstić information content (AvgIpc) is 2.81. The zero-order chi connectivity index (χ0) is 12.9. The van der Waals surface area contributed by atoms with Crippen molar-refractivity contribution in [1.82, 2.24) is 10.3 Å². The summed E-state index contributed by atoms with van der Waals surface area (Å²) < 4.78 is 13.3. The van der Waals surface area contributed by atoms with E-state index in [4.69, 9.17) is 7.85 Å². The maximum atomic E-state index is 13.3. The first-order valence-corrected chi connectivity index (χ1v) is 5.41. The third-order valence-electron chi connectivity index (χ3n) is 3.22. The highest BCUT2D eigenvalue weighted by molar-refractivity contribution is 6.35. The molecule has 3 rings (SSSR count). The third-order valence-corrected chi connectivity index (χ3v) is 3.22. The molecule has 1 atom stereocenters. The zero-order valence-electron chi connectivity index (χ0n) is 9.29. The van der Waals surface area contributed by atoms with E-state index < -0.39 is 22.9 Å². The second-order valence-corrected chi connectivity index (χ2v) is 4.42. The number of aromatic nitrogens is 1.